The smallest absolute Gasteiger partial charge is 0.200 e. The molecule has 1 aromatic heterocycles. The Morgan fingerprint density at radius 2 is 1.64 bits per heavy atom. The van der Waals surface area contributed by atoms with Gasteiger partial charge in [0.15, 0.2) is 12.4 Å². The second-order valence-corrected chi connectivity index (χ2v) is 2.92. The number of hydrogen-bond donors (Lipinski definition) is 1. The van der Waals surface area contributed by atoms with E-state index in [0.717, 1.165) is 0 Å². The average molecular weight is 220 g/mol. The molecule has 0 saturated heterocycles. The maximum Gasteiger partial charge on any atom is 0.200 e. The van der Waals surface area contributed by atoms with Crippen LogP contribution in [0, 0.1) is 5.21 Å². The van der Waals surface area contributed by atoms with Crippen molar-refractivity contribution in [2.45, 2.75) is 4.90 Å². The van der Waals surface area contributed by atoms with Crippen molar-refractivity contribution >= 4 is 65.4 Å². The molecule has 0 aromatic carbocycles. The van der Waals surface area contributed by atoms with E-state index in [4.69, 9.17) is 23.2 Å². The molecule has 1 rings (SSSR count). The summed E-state index contributed by atoms with van der Waals surface area (Å²) in [5.41, 5.74) is 0. The Morgan fingerprint density at radius 3 is 2.00 bits per heavy atom. The minimum atomic E-state index is 0. The minimum Gasteiger partial charge on any atom is -0.619 e. The SMILES string of the molecule is [NaH].[O-][n+]1cc(Cl)c(S)c(Cl)c1. The van der Waals surface area contributed by atoms with Gasteiger partial charge in [-0.25, -0.2) is 0 Å². The molecule has 56 valence electrons. The third-order valence-electron chi connectivity index (χ3n) is 0.934. The second kappa shape index (κ2) is 4.80. The Balaban J connectivity index is 0.000001000. The van der Waals surface area contributed by atoms with E-state index in [9.17, 15) is 5.21 Å². The second-order valence-electron chi connectivity index (χ2n) is 1.66. The molecule has 0 atom stereocenters. The van der Waals surface area contributed by atoms with Crippen LogP contribution in [0.1, 0.15) is 0 Å². The van der Waals surface area contributed by atoms with E-state index in [0.29, 0.717) is 9.63 Å². The minimum absolute atomic E-state index is 0. The number of pyridine rings is 1. The van der Waals surface area contributed by atoms with Crippen LogP contribution < -0.4 is 4.73 Å². The Labute approximate surface area is 102 Å². The summed E-state index contributed by atoms with van der Waals surface area (Å²) in [7, 11) is 0. The van der Waals surface area contributed by atoms with Gasteiger partial charge in [0.05, 0.1) is 4.90 Å². The molecule has 0 aliphatic carbocycles. The zero-order chi connectivity index (χ0) is 7.72. The normalized spacial score (nSPS) is 9.00. The summed E-state index contributed by atoms with van der Waals surface area (Å²) >= 11 is 15.0. The number of nitrogens with zero attached hydrogens (tertiary/aromatic N) is 1. The molecule has 0 aliphatic heterocycles. The van der Waals surface area contributed by atoms with Gasteiger partial charge in [0.25, 0.3) is 0 Å². The van der Waals surface area contributed by atoms with Gasteiger partial charge in [-0.15, -0.1) is 12.6 Å². The molecule has 0 saturated carbocycles. The fourth-order valence-corrected chi connectivity index (χ4v) is 1.06. The third-order valence-corrected chi connectivity index (χ3v) is 2.25. The molecule has 0 fully saturated rings. The summed E-state index contributed by atoms with van der Waals surface area (Å²) in [5, 5.41) is 11.1. The van der Waals surface area contributed by atoms with Crippen molar-refractivity contribution in [2.24, 2.45) is 0 Å². The van der Waals surface area contributed by atoms with Crippen molar-refractivity contribution in [3.63, 3.8) is 0 Å². The third kappa shape index (κ3) is 3.01. The van der Waals surface area contributed by atoms with E-state index in [2.05, 4.69) is 12.6 Å². The Hall–Kier alpha value is 0.880. The van der Waals surface area contributed by atoms with Gasteiger partial charge in [0, 0.05) is 0 Å². The van der Waals surface area contributed by atoms with Crippen molar-refractivity contribution in [3.8, 4) is 0 Å². The molecule has 0 spiro atoms. The van der Waals surface area contributed by atoms with E-state index < -0.39 is 0 Å². The van der Waals surface area contributed by atoms with Crippen LogP contribution >= 0.6 is 35.8 Å². The van der Waals surface area contributed by atoms with Crippen LogP contribution in [0.2, 0.25) is 10.0 Å². The van der Waals surface area contributed by atoms with Crippen LogP contribution in [0.25, 0.3) is 0 Å². The van der Waals surface area contributed by atoms with Gasteiger partial charge < -0.3 is 5.21 Å². The fraction of sp³-hybridized carbons (Fsp3) is 0. The van der Waals surface area contributed by atoms with Gasteiger partial charge in [-0.2, -0.15) is 4.73 Å². The van der Waals surface area contributed by atoms with Crippen LogP contribution in [0.4, 0.5) is 0 Å². The molecule has 11 heavy (non-hydrogen) atoms. The van der Waals surface area contributed by atoms with E-state index in [1.807, 2.05) is 0 Å². The summed E-state index contributed by atoms with van der Waals surface area (Å²) in [4.78, 5) is 0.426. The summed E-state index contributed by atoms with van der Waals surface area (Å²) < 4.78 is 0.532. The van der Waals surface area contributed by atoms with Gasteiger partial charge >= 0.3 is 29.6 Å². The van der Waals surface area contributed by atoms with Gasteiger partial charge in [-0.1, -0.05) is 23.2 Å². The standard InChI is InChI=1S/C5H3Cl2NOS.Na.H/c6-3-1-8(9)2-4(7)5(3)10;;/h1-2,10H;;. The van der Waals surface area contributed by atoms with E-state index in [1.54, 1.807) is 0 Å². The Morgan fingerprint density at radius 1 is 1.27 bits per heavy atom. The predicted octanol–water partition coefficient (Wildman–Crippen LogP) is 1.27. The quantitative estimate of drug-likeness (QED) is 0.303. The van der Waals surface area contributed by atoms with Crippen molar-refractivity contribution in [1.82, 2.24) is 0 Å². The summed E-state index contributed by atoms with van der Waals surface area (Å²) in [6, 6.07) is 0. The molecule has 1 heterocycles. The first-order chi connectivity index (χ1) is 4.61. The van der Waals surface area contributed by atoms with E-state index >= 15 is 0 Å². The maximum absolute atomic E-state index is 10.6. The summed E-state index contributed by atoms with van der Waals surface area (Å²) in [5.74, 6) is 0. The number of halogens is 2. The maximum atomic E-state index is 10.6. The summed E-state index contributed by atoms with van der Waals surface area (Å²) in [6.07, 6.45) is 2.38. The molecule has 0 bridgehead atoms. The number of aromatic nitrogens is 1. The molecule has 0 N–H and O–H groups in total. The molecule has 0 amide bonds. The number of hydrogen-bond acceptors (Lipinski definition) is 2. The van der Waals surface area contributed by atoms with Crippen molar-refractivity contribution in [2.75, 3.05) is 0 Å². The number of rotatable bonds is 0. The Bertz CT molecular complexity index is 248. The van der Waals surface area contributed by atoms with Crippen molar-refractivity contribution < 1.29 is 4.73 Å². The van der Waals surface area contributed by atoms with Gasteiger partial charge in [-0.05, 0) is 0 Å². The zero-order valence-electron chi connectivity index (χ0n) is 4.71. The fourth-order valence-electron chi connectivity index (χ4n) is 0.497. The van der Waals surface area contributed by atoms with Crippen LogP contribution in [0.15, 0.2) is 17.3 Å². The molecular formula is C5H4Cl2NNaOS. The topological polar surface area (TPSA) is 26.9 Å². The molecular weight excluding hydrogens is 216 g/mol. The van der Waals surface area contributed by atoms with Crippen LogP contribution in [0.5, 0.6) is 0 Å². The molecule has 0 radical (unpaired) electrons. The molecule has 0 unspecified atom stereocenters. The van der Waals surface area contributed by atoms with Gasteiger partial charge in [0.1, 0.15) is 10.0 Å². The molecule has 6 heteroatoms. The molecule has 0 aliphatic rings. The molecule has 1 aromatic rings. The first-order valence-corrected chi connectivity index (χ1v) is 3.58. The van der Waals surface area contributed by atoms with Crippen LogP contribution in [-0.2, 0) is 0 Å². The average Bonchev–Trinajstić information content (AvgIpc) is 1.82. The zero-order valence-corrected chi connectivity index (χ0v) is 7.12. The molecule has 2 nitrogen and oxygen atoms in total. The van der Waals surface area contributed by atoms with Crippen LogP contribution in [-0.4, -0.2) is 29.6 Å². The predicted molar refractivity (Wildman–Crippen MR) is 49.8 cm³/mol. The Kier molecular flexibility index (Phi) is 5.18. The van der Waals surface area contributed by atoms with Crippen molar-refractivity contribution in [3.05, 3.63) is 27.6 Å². The first-order valence-electron chi connectivity index (χ1n) is 2.38. The van der Waals surface area contributed by atoms with Crippen molar-refractivity contribution in [1.29, 1.82) is 0 Å². The van der Waals surface area contributed by atoms with Crippen LogP contribution in [0.3, 0.4) is 0 Å². The summed E-state index contributed by atoms with van der Waals surface area (Å²) in [6.45, 7) is 0. The van der Waals surface area contributed by atoms with Gasteiger partial charge in [-0.3, -0.25) is 0 Å². The number of thiol groups is 1. The van der Waals surface area contributed by atoms with Gasteiger partial charge in [0.2, 0.25) is 0 Å². The van der Waals surface area contributed by atoms with E-state index in [-0.39, 0.29) is 39.6 Å². The monoisotopic (exact) mass is 219 g/mol. The van der Waals surface area contributed by atoms with E-state index in [1.165, 1.54) is 12.4 Å². The first kappa shape index (κ1) is 11.9. The largest absolute Gasteiger partial charge is 0.619 e.